The zero-order valence-corrected chi connectivity index (χ0v) is 11.3. The number of halogens is 2. The fourth-order valence-corrected chi connectivity index (χ4v) is 2.28. The number of aromatic nitrogens is 1. The number of nitrogens with two attached hydrogens (primary N) is 1. The van der Waals surface area contributed by atoms with Crippen LogP contribution >= 0.6 is 0 Å². The molecule has 0 aliphatic rings. The summed E-state index contributed by atoms with van der Waals surface area (Å²) in [6.07, 6.45) is 1.60. The maximum Gasteiger partial charge on any atom is 0.149 e. The van der Waals surface area contributed by atoms with Gasteiger partial charge in [-0.05, 0) is 42.8 Å². The number of nitrogen functional groups attached to an aromatic ring is 1. The zero-order valence-electron chi connectivity index (χ0n) is 11.3. The number of aryl methyl sites for hydroxylation is 1. The quantitative estimate of drug-likeness (QED) is 0.695. The highest BCUT2D eigenvalue weighted by atomic mass is 19.1. The highest BCUT2D eigenvalue weighted by Crippen LogP contribution is 2.30. The first-order chi connectivity index (χ1) is 10.0. The van der Waals surface area contributed by atoms with E-state index < -0.39 is 11.6 Å². The van der Waals surface area contributed by atoms with Crippen LogP contribution < -0.4 is 11.1 Å². The van der Waals surface area contributed by atoms with E-state index in [1.807, 2.05) is 19.1 Å². The van der Waals surface area contributed by atoms with Crippen LogP contribution in [0, 0.1) is 18.6 Å². The number of rotatable bonds is 2. The molecule has 0 spiro atoms. The molecule has 5 heteroatoms. The highest BCUT2D eigenvalue weighted by Gasteiger charge is 2.09. The molecule has 0 unspecified atom stereocenters. The molecule has 3 aromatic rings. The standard InChI is InChI=1S/C16H13F2N3/c1-9-6-12-11(14(19)7-9)4-5-20-16(12)21-15-3-2-10(17)8-13(15)18/h2-8H,19H2,1H3,(H,20,21). The van der Waals surface area contributed by atoms with E-state index in [4.69, 9.17) is 5.73 Å². The number of anilines is 3. The molecule has 0 bridgehead atoms. The Balaban J connectivity index is 2.12. The van der Waals surface area contributed by atoms with Crippen molar-refractivity contribution in [2.75, 3.05) is 11.1 Å². The van der Waals surface area contributed by atoms with Gasteiger partial charge in [0.05, 0.1) is 5.69 Å². The molecule has 3 rings (SSSR count). The maximum absolute atomic E-state index is 13.7. The molecule has 3 N–H and O–H groups in total. The molecular weight excluding hydrogens is 272 g/mol. The second-order valence-electron chi connectivity index (χ2n) is 4.86. The summed E-state index contributed by atoms with van der Waals surface area (Å²) in [4.78, 5) is 4.22. The predicted octanol–water partition coefficient (Wildman–Crippen LogP) is 4.15. The highest BCUT2D eigenvalue weighted by molar-refractivity contribution is 6.00. The third-order valence-electron chi connectivity index (χ3n) is 3.24. The van der Waals surface area contributed by atoms with E-state index in [0.29, 0.717) is 11.5 Å². The molecule has 0 saturated carbocycles. The number of hydrogen-bond acceptors (Lipinski definition) is 3. The Hall–Kier alpha value is -2.69. The van der Waals surface area contributed by atoms with Crippen molar-refractivity contribution in [2.45, 2.75) is 6.92 Å². The van der Waals surface area contributed by atoms with Crippen molar-refractivity contribution in [2.24, 2.45) is 0 Å². The SMILES string of the molecule is Cc1cc(N)c2ccnc(Nc3ccc(F)cc3F)c2c1. The average Bonchev–Trinajstić information content (AvgIpc) is 2.42. The van der Waals surface area contributed by atoms with Crippen molar-refractivity contribution in [1.29, 1.82) is 0 Å². The Morgan fingerprint density at radius 1 is 1.05 bits per heavy atom. The van der Waals surface area contributed by atoms with Crippen LogP contribution in [0.1, 0.15) is 5.56 Å². The molecule has 0 atom stereocenters. The van der Waals surface area contributed by atoms with Gasteiger partial charge in [-0.1, -0.05) is 0 Å². The van der Waals surface area contributed by atoms with Gasteiger partial charge in [0.2, 0.25) is 0 Å². The molecular formula is C16H13F2N3. The molecule has 1 heterocycles. The summed E-state index contributed by atoms with van der Waals surface area (Å²) in [5, 5.41) is 4.51. The summed E-state index contributed by atoms with van der Waals surface area (Å²) < 4.78 is 26.7. The minimum absolute atomic E-state index is 0.163. The van der Waals surface area contributed by atoms with Gasteiger partial charge in [0.1, 0.15) is 17.5 Å². The van der Waals surface area contributed by atoms with Gasteiger partial charge in [0, 0.05) is 28.7 Å². The molecule has 21 heavy (non-hydrogen) atoms. The lowest BCUT2D eigenvalue weighted by molar-refractivity contribution is 0.586. The lowest BCUT2D eigenvalue weighted by Gasteiger charge is -2.11. The van der Waals surface area contributed by atoms with Crippen molar-refractivity contribution in [3.8, 4) is 0 Å². The Bertz CT molecular complexity index is 831. The van der Waals surface area contributed by atoms with Crippen LogP contribution in [0.3, 0.4) is 0 Å². The second-order valence-corrected chi connectivity index (χ2v) is 4.86. The summed E-state index contributed by atoms with van der Waals surface area (Å²) in [6, 6.07) is 8.94. The number of benzene rings is 2. The van der Waals surface area contributed by atoms with Crippen molar-refractivity contribution in [3.05, 3.63) is 59.8 Å². The smallest absolute Gasteiger partial charge is 0.149 e. The molecule has 0 radical (unpaired) electrons. The van der Waals surface area contributed by atoms with Crippen LogP contribution in [0.5, 0.6) is 0 Å². The Morgan fingerprint density at radius 3 is 2.62 bits per heavy atom. The van der Waals surface area contributed by atoms with Crippen LogP contribution in [0.15, 0.2) is 42.6 Å². The first kappa shape index (κ1) is 13.3. The molecule has 3 nitrogen and oxygen atoms in total. The lowest BCUT2D eigenvalue weighted by atomic mass is 10.1. The van der Waals surface area contributed by atoms with Crippen LogP contribution in [-0.4, -0.2) is 4.98 Å². The number of fused-ring (bicyclic) bond motifs is 1. The van der Waals surface area contributed by atoms with Crippen molar-refractivity contribution in [1.82, 2.24) is 4.98 Å². The van der Waals surface area contributed by atoms with Crippen molar-refractivity contribution < 1.29 is 8.78 Å². The Morgan fingerprint density at radius 2 is 1.86 bits per heavy atom. The van der Waals surface area contributed by atoms with Crippen LogP contribution in [-0.2, 0) is 0 Å². The van der Waals surface area contributed by atoms with E-state index in [1.165, 1.54) is 12.1 Å². The molecule has 0 aliphatic carbocycles. The fourth-order valence-electron chi connectivity index (χ4n) is 2.28. The number of nitrogens with one attached hydrogen (secondary N) is 1. The van der Waals surface area contributed by atoms with Gasteiger partial charge < -0.3 is 11.1 Å². The lowest BCUT2D eigenvalue weighted by Crippen LogP contribution is -1.99. The molecule has 2 aromatic carbocycles. The average molecular weight is 285 g/mol. The minimum atomic E-state index is -0.672. The first-order valence-corrected chi connectivity index (χ1v) is 6.41. The van der Waals surface area contributed by atoms with Gasteiger partial charge in [-0.2, -0.15) is 0 Å². The number of nitrogens with zero attached hydrogens (tertiary/aromatic N) is 1. The van der Waals surface area contributed by atoms with Crippen molar-refractivity contribution in [3.63, 3.8) is 0 Å². The molecule has 0 fully saturated rings. The van der Waals surface area contributed by atoms with E-state index in [-0.39, 0.29) is 5.69 Å². The van der Waals surface area contributed by atoms with Gasteiger partial charge in [-0.25, -0.2) is 13.8 Å². The van der Waals surface area contributed by atoms with E-state index >= 15 is 0 Å². The van der Waals surface area contributed by atoms with Gasteiger partial charge in [-0.15, -0.1) is 0 Å². The minimum Gasteiger partial charge on any atom is -0.398 e. The normalized spacial score (nSPS) is 10.8. The topological polar surface area (TPSA) is 50.9 Å². The van der Waals surface area contributed by atoms with E-state index in [0.717, 1.165) is 22.4 Å². The predicted molar refractivity (Wildman–Crippen MR) is 80.5 cm³/mol. The summed E-state index contributed by atoms with van der Waals surface area (Å²) in [5.74, 6) is -0.813. The first-order valence-electron chi connectivity index (χ1n) is 6.41. The monoisotopic (exact) mass is 285 g/mol. The van der Waals surface area contributed by atoms with Gasteiger partial charge in [0.15, 0.2) is 0 Å². The van der Waals surface area contributed by atoms with Gasteiger partial charge in [-0.3, -0.25) is 0 Å². The number of pyridine rings is 1. The van der Waals surface area contributed by atoms with Crippen molar-refractivity contribution >= 4 is 28.0 Å². The third-order valence-corrected chi connectivity index (χ3v) is 3.24. The third kappa shape index (κ3) is 2.50. The summed E-state index contributed by atoms with van der Waals surface area (Å²) in [7, 11) is 0. The molecule has 0 aliphatic heterocycles. The van der Waals surface area contributed by atoms with Crippen LogP contribution in [0.25, 0.3) is 10.8 Å². The molecule has 106 valence electrons. The second kappa shape index (κ2) is 5.01. The largest absolute Gasteiger partial charge is 0.398 e. The van der Waals surface area contributed by atoms with E-state index in [9.17, 15) is 8.78 Å². The zero-order chi connectivity index (χ0) is 15.0. The summed E-state index contributed by atoms with van der Waals surface area (Å²) in [6.45, 7) is 1.92. The number of hydrogen-bond donors (Lipinski definition) is 2. The molecule has 1 aromatic heterocycles. The summed E-state index contributed by atoms with van der Waals surface area (Å²) in [5.41, 5.74) is 7.77. The van der Waals surface area contributed by atoms with Crippen LogP contribution in [0.4, 0.5) is 26.0 Å². The van der Waals surface area contributed by atoms with Gasteiger partial charge in [0.25, 0.3) is 0 Å². The Kier molecular flexibility index (Phi) is 3.17. The Labute approximate surface area is 120 Å². The van der Waals surface area contributed by atoms with Crippen LogP contribution in [0.2, 0.25) is 0 Å². The van der Waals surface area contributed by atoms with Gasteiger partial charge >= 0.3 is 0 Å². The molecule has 0 amide bonds. The molecule has 0 saturated heterocycles. The van der Waals surface area contributed by atoms with E-state index in [1.54, 1.807) is 12.3 Å². The maximum atomic E-state index is 13.7. The van der Waals surface area contributed by atoms with E-state index in [2.05, 4.69) is 10.3 Å². The fraction of sp³-hybridized carbons (Fsp3) is 0.0625. The summed E-state index contributed by atoms with van der Waals surface area (Å²) >= 11 is 0.